The van der Waals surface area contributed by atoms with E-state index in [0.29, 0.717) is 6.42 Å². The van der Waals surface area contributed by atoms with Gasteiger partial charge in [-0.15, -0.1) is 0 Å². The molecular formula is C21H27NO2. The van der Waals surface area contributed by atoms with E-state index in [2.05, 4.69) is 36.5 Å². The van der Waals surface area contributed by atoms with Crippen LogP contribution in [0.5, 0.6) is 5.75 Å². The van der Waals surface area contributed by atoms with Gasteiger partial charge in [0.2, 0.25) is 0 Å². The van der Waals surface area contributed by atoms with Crippen molar-refractivity contribution in [3.05, 3.63) is 65.2 Å². The van der Waals surface area contributed by atoms with Gasteiger partial charge >= 0.3 is 0 Å². The lowest BCUT2D eigenvalue weighted by molar-refractivity contribution is -0.128. The zero-order valence-electron chi connectivity index (χ0n) is 15.0. The number of hydrogen-bond acceptors (Lipinski definition) is 2. The molecule has 1 N–H and O–H groups in total. The van der Waals surface area contributed by atoms with Crippen molar-refractivity contribution in [3.63, 3.8) is 0 Å². The Hall–Kier alpha value is -2.29. The maximum absolute atomic E-state index is 12.5. The number of carbonyl (C=O) groups is 1. The second-order valence-electron chi connectivity index (χ2n) is 6.16. The van der Waals surface area contributed by atoms with Gasteiger partial charge in [-0.3, -0.25) is 4.79 Å². The molecule has 3 heteroatoms. The van der Waals surface area contributed by atoms with Gasteiger partial charge in [-0.05, 0) is 55.5 Å². The van der Waals surface area contributed by atoms with Gasteiger partial charge in [0.05, 0.1) is 6.04 Å². The number of hydrogen-bond donors (Lipinski definition) is 1. The first-order chi connectivity index (χ1) is 11.5. The Bertz CT molecular complexity index is 664. The number of aryl methyl sites for hydroxylation is 2. The summed E-state index contributed by atoms with van der Waals surface area (Å²) in [5.74, 6) is 0.656. The van der Waals surface area contributed by atoms with E-state index in [9.17, 15) is 4.79 Å². The SMILES string of the molecule is CCc1ccc([C@H](C)NC(=O)[C@@H](CC)Oc2cccc(C)c2)cc1. The maximum atomic E-state index is 12.5. The normalized spacial score (nSPS) is 13.2. The van der Waals surface area contributed by atoms with E-state index in [4.69, 9.17) is 4.74 Å². The number of carbonyl (C=O) groups excluding carboxylic acids is 1. The number of amides is 1. The molecule has 2 rings (SSSR count). The number of rotatable bonds is 7. The van der Waals surface area contributed by atoms with Gasteiger partial charge in [0.15, 0.2) is 6.10 Å². The van der Waals surface area contributed by atoms with Crippen LogP contribution in [0.25, 0.3) is 0 Å². The molecule has 0 saturated carbocycles. The molecule has 24 heavy (non-hydrogen) atoms. The van der Waals surface area contributed by atoms with Gasteiger partial charge in [-0.2, -0.15) is 0 Å². The van der Waals surface area contributed by atoms with Crippen molar-refractivity contribution in [1.29, 1.82) is 0 Å². The van der Waals surface area contributed by atoms with Crippen LogP contribution < -0.4 is 10.1 Å². The van der Waals surface area contributed by atoms with Gasteiger partial charge in [-0.25, -0.2) is 0 Å². The summed E-state index contributed by atoms with van der Waals surface area (Å²) in [6, 6.07) is 16.1. The summed E-state index contributed by atoms with van der Waals surface area (Å²) >= 11 is 0. The molecule has 0 spiro atoms. The molecule has 3 nitrogen and oxygen atoms in total. The van der Waals surface area contributed by atoms with Gasteiger partial charge in [0.1, 0.15) is 5.75 Å². The highest BCUT2D eigenvalue weighted by Crippen LogP contribution is 2.17. The van der Waals surface area contributed by atoms with Crippen molar-refractivity contribution in [2.75, 3.05) is 0 Å². The summed E-state index contributed by atoms with van der Waals surface area (Å²) in [5, 5.41) is 3.06. The van der Waals surface area contributed by atoms with Crippen LogP contribution in [0.4, 0.5) is 0 Å². The summed E-state index contributed by atoms with van der Waals surface area (Å²) in [5.41, 5.74) is 3.52. The van der Waals surface area contributed by atoms with E-state index in [1.807, 2.05) is 45.0 Å². The van der Waals surface area contributed by atoms with Crippen LogP contribution >= 0.6 is 0 Å². The summed E-state index contributed by atoms with van der Waals surface area (Å²) in [6.07, 6.45) is 1.16. The third-order valence-electron chi connectivity index (χ3n) is 4.18. The summed E-state index contributed by atoms with van der Waals surface area (Å²) in [6.45, 7) is 8.10. The first-order valence-corrected chi connectivity index (χ1v) is 8.66. The van der Waals surface area contributed by atoms with Crippen LogP contribution in [-0.2, 0) is 11.2 Å². The molecular weight excluding hydrogens is 298 g/mol. The fraction of sp³-hybridized carbons (Fsp3) is 0.381. The molecule has 0 aliphatic carbocycles. The van der Waals surface area contributed by atoms with Crippen LogP contribution in [-0.4, -0.2) is 12.0 Å². The number of ether oxygens (including phenoxy) is 1. The average molecular weight is 325 g/mol. The topological polar surface area (TPSA) is 38.3 Å². The molecule has 0 radical (unpaired) electrons. The van der Waals surface area contributed by atoms with E-state index >= 15 is 0 Å². The molecule has 1 amide bonds. The second kappa shape index (κ2) is 8.53. The first kappa shape index (κ1) is 18.1. The van der Waals surface area contributed by atoms with E-state index in [1.54, 1.807) is 0 Å². The van der Waals surface area contributed by atoms with Crippen molar-refractivity contribution in [2.24, 2.45) is 0 Å². The fourth-order valence-electron chi connectivity index (χ4n) is 2.61. The number of nitrogens with one attached hydrogen (secondary N) is 1. The zero-order chi connectivity index (χ0) is 17.5. The van der Waals surface area contributed by atoms with Gasteiger partial charge in [0, 0.05) is 0 Å². The van der Waals surface area contributed by atoms with Gasteiger partial charge in [-0.1, -0.05) is 50.2 Å². The molecule has 0 unspecified atom stereocenters. The van der Waals surface area contributed by atoms with E-state index in [1.165, 1.54) is 5.56 Å². The monoisotopic (exact) mass is 325 g/mol. The highest BCUT2D eigenvalue weighted by molar-refractivity contribution is 5.81. The minimum atomic E-state index is -0.482. The first-order valence-electron chi connectivity index (χ1n) is 8.66. The Balaban J connectivity index is 1.99. The minimum Gasteiger partial charge on any atom is -0.481 e. The predicted octanol–water partition coefficient (Wildman–Crippen LogP) is 4.59. The molecule has 2 aromatic rings. The number of benzene rings is 2. The van der Waals surface area contributed by atoms with Crippen molar-refractivity contribution >= 4 is 5.91 Å². The Morgan fingerprint density at radius 1 is 1.12 bits per heavy atom. The molecule has 0 fully saturated rings. The average Bonchev–Trinajstić information content (AvgIpc) is 2.59. The van der Waals surface area contributed by atoms with Gasteiger partial charge < -0.3 is 10.1 Å². The van der Waals surface area contributed by atoms with Crippen LogP contribution in [0, 0.1) is 6.92 Å². The molecule has 0 heterocycles. The van der Waals surface area contributed by atoms with Crippen molar-refractivity contribution in [2.45, 2.75) is 52.7 Å². The summed E-state index contributed by atoms with van der Waals surface area (Å²) in [7, 11) is 0. The quantitative estimate of drug-likeness (QED) is 0.808. The Morgan fingerprint density at radius 3 is 2.42 bits per heavy atom. The molecule has 0 saturated heterocycles. The standard InChI is InChI=1S/C21H27NO2/c1-5-17-10-12-18(13-11-17)16(4)22-21(23)20(6-2)24-19-9-7-8-15(3)14-19/h7-14,16,20H,5-6H2,1-4H3,(H,22,23)/t16-,20+/m0/s1. The second-order valence-corrected chi connectivity index (χ2v) is 6.16. The Morgan fingerprint density at radius 2 is 1.83 bits per heavy atom. The van der Waals surface area contributed by atoms with Crippen LogP contribution in [0.1, 0.15) is 49.9 Å². The van der Waals surface area contributed by atoms with Crippen LogP contribution in [0.2, 0.25) is 0 Å². The van der Waals surface area contributed by atoms with Crippen molar-refractivity contribution in [3.8, 4) is 5.75 Å². The smallest absolute Gasteiger partial charge is 0.261 e. The molecule has 0 aromatic heterocycles. The molecule has 2 atom stereocenters. The molecule has 0 aliphatic heterocycles. The lowest BCUT2D eigenvalue weighted by Gasteiger charge is -2.21. The molecule has 2 aromatic carbocycles. The van der Waals surface area contributed by atoms with Crippen LogP contribution in [0.15, 0.2) is 48.5 Å². The predicted molar refractivity (Wildman–Crippen MR) is 98.3 cm³/mol. The van der Waals surface area contributed by atoms with E-state index in [0.717, 1.165) is 23.3 Å². The summed E-state index contributed by atoms with van der Waals surface area (Å²) < 4.78 is 5.87. The Labute approximate surface area is 145 Å². The van der Waals surface area contributed by atoms with E-state index < -0.39 is 6.10 Å². The third kappa shape index (κ3) is 4.85. The third-order valence-corrected chi connectivity index (χ3v) is 4.18. The van der Waals surface area contributed by atoms with Gasteiger partial charge in [0.25, 0.3) is 5.91 Å². The fourth-order valence-corrected chi connectivity index (χ4v) is 2.61. The Kier molecular flexibility index (Phi) is 6.42. The lowest BCUT2D eigenvalue weighted by Crippen LogP contribution is -2.39. The molecule has 0 aliphatic rings. The minimum absolute atomic E-state index is 0.0430. The van der Waals surface area contributed by atoms with Crippen molar-refractivity contribution in [1.82, 2.24) is 5.32 Å². The highest BCUT2D eigenvalue weighted by atomic mass is 16.5. The largest absolute Gasteiger partial charge is 0.481 e. The lowest BCUT2D eigenvalue weighted by atomic mass is 10.0. The maximum Gasteiger partial charge on any atom is 0.261 e. The van der Waals surface area contributed by atoms with Crippen LogP contribution in [0.3, 0.4) is 0 Å². The van der Waals surface area contributed by atoms with E-state index in [-0.39, 0.29) is 11.9 Å². The molecule has 128 valence electrons. The highest BCUT2D eigenvalue weighted by Gasteiger charge is 2.20. The van der Waals surface area contributed by atoms with Crippen molar-refractivity contribution < 1.29 is 9.53 Å². The molecule has 0 bridgehead atoms. The summed E-state index contributed by atoms with van der Waals surface area (Å²) in [4.78, 5) is 12.5. The zero-order valence-corrected chi connectivity index (χ0v) is 15.0.